The first-order chi connectivity index (χ1) is 8.74. The number of carbonyl (C=O) groups excluding carboxylic acids is 1. The fraction of sp³-hybridized carbons (Fsp3) is 0.538. The molecule has 96 valence electrons. The quantitative estimate of drug-likeness (QED) is 0.861. The third-order valence-corrected chi connectivity index (χ3v) is 4.23. The minimum Gasteiger partial charge on any atom is -0.309 e. The third-order valence-electron chi connectivity index (χ3n) is 4.01. The van der Waals surface area contributed by atoms with Crippen LogP contribution in [0.4, 0.5) is 5.82 Å². The first-order valence-electron chi connectivity index (χ1n) is 6.40. The molecule has 1 aromatic heterocycles. The zero-order valence-corrected chi connectivity index (χ0v) is 10.8. The molecule has 5 heteroatoms. The molecule has 3 unspecified atom stereocenters. The van der Waals surface area contributed by atoms with Crippen LogP contribution in [0.2, 0.25) is 5.02 Å². The van der Waals surface area contributed by atoms with E-state index in [1.807, 2.05) is 0 Å². The molecule has 0 bridgehead atoms. The van der Waals surface area contributed by atoms with Gasteiger partial charge in [-0.25, -0.2) is 4.98 Å². The highest BCUT2D eigenvalue weighted by molar-refractivity contribution is 6.30. The molecule has 2 heterocycles. The molecule has 1 saturated carbocycles. The number of hydrogen-bond donors (Lipinski definition) is 2. The number of hydrogen-bond acceptors (Lipinski definition) is 3. The molecule has 3 atom stereocenters. The molecule has 1 aromatic rings. The van der Waals surface area contributed by atoms with Gasteiger partial charge in [0.05, 0.1) is 11.1 Å². The van der Waals surface area contributed by atoms with E-state index in [2.05, 4.69) is 15.6 Å². The molecular weight excluding hydrogens is 250 g/mol. The number of aromatic nitrogens is 1. The van der Waals surface area contributed by atoms with Crippen LogP contribution in [0.15, 0.2) is 18.3 Å². The summed E-state index contributed by atoms with van der Waals surface area (Å²) in [6, 6.07) is 3.39. The van der Waals surface area contributed by atoms with Crippen molar-refractivity contribution in [3.8, 4) is 0 Å². The van der Waals surface area contributed by atoms with Gasteiger partial charge in [0.15, 0.2) is 0 Å². The second-order valence-electron chi connectivity index (χ2n) is 5.09. The zero-order chi connectivity index (χ0) is 12.5. The van der Waals surface area contributed by atoms with Gasteiger partial charge in [0, 0.05) is 6.20 Å². The molecular formula is C13H16ClN3O. The molecule has 0 spiro atoms. The SMILES string of the molecule is O=C(Nc1ccc(Cl)cn1)C1NCC2CCCC21. The second-order valence-corrected chi connectivity index (χ2v) is 5.53. The van der Waals surface area contributed by atoms with Gasteiger partial charge in [0.2, 0.25) is 5.91 Å². The van der Waals surface area contributed by atoms with Crippen molar-refractivity contribution in [3.63, 3.8) is 0 Å². The van der Waals surface area contributed by atoms with E-state index in [1.54, 1.807) is 12.1 Å². The summed E-state index contributed by atoms with van der Waals surface area (Å²) >= 11 is 5.76. The predicted octanol–water partition coefficient (Wildman–Crippen LogP) is 2.06. The van der Waals surface area contributed by atoms with Gasteiger partial charge >= 0.3 is 0 Å². The van der Waals surface area contributed by atoms with Gasteiger partial charge in [-0.1, -0.05) is 18.0 Å². The summed E-state index contributed by atoms with van der Waals surface area (Å²) in [6.07, 6.45) is 5.20. The Labute approximate surface area is 111 Å². The van der Waals surface area contributed by atoms with Crippen molar-refractivity contribution in [2.24, 2.45) is 11.8 Å². The monoisotopic (exact) mass is 265 g/mol. The van der Waals surface area contributed by atoms with Gasteiger partial charge in [-0.3, -0.25) is 4.79 Å². The third kappa shape index (κ3) is 2.22. The molecule has 2 aliphatic rings. The summed E-state index contributed by atoms with van der Waals surface area (Å²) in [6.45, 7) is 0.969. The van der Waals surface area contributed by atoms with Gasteiger partial charge in [0.25, 0.3) is 0 Å². The van der Waals surface area contributed by atoms with E-state index in [0.717, 1.165) is 13.0 Å². The molecule has 3 rings (SSSR count). The maximum Gasteiger partial charge on any atom is 0.242 e. The Morgan fingerprint density at radius 1 is 1.44 bits per heavy atom. The van der Waals surface area contributed by atoms with Crippen LogP contribution in [0.3, 0.4) is 0 Å². The normalized spacial score (nSPS) is 30.2. The van der Waals surface area contributed by atoms with Crippen LogP contribution in [0.1, 0.15) is 19.3 Å². The summed E-state index contributed by atoms with van der Waals surface area (Å²) in [5.74, 6) is 1.77. The Bertz CT molecular complexity index is 448. The lowest BCUT2D eigenvalue weighted by molar-refractivity contribution is -0.118. The van der Waals surface area contributed by atoms with E-state index in [9.17, 15) is 4.79 Å². The fourth-order valence-electron chi connectivity index (χ4n) is 3.13. The number of fused-ring (bicyclic) bond motifs is 1. The van der Waals surface area contributed by atoms with Crippen molar-refractivity contribution < 1.29 is 4.79 Å². The van der Waals surface area contributed by atoms with Crippen molar-refractivity contribution in [2.45, 2.75) is 25.3 Å². The first kappa shape index (κ1) is 11.9. The smallest absolute Gasteiger partial charge is 0.242 e. The predicted molar refractivity (Wildman–Crippen MR) is 70.5 cm³/mol. The lowest BCUT2D eigenvalue weighted by atomic mass is 9.94. The van der Waals surface area contributed by atoms with Crippen molar-refractivity contribution in [1.29, 1.82) is 0 Å². The lowest BCUT2D eigenvalue weighted by Crippen LogP contribution is -2.39. The van der Waals surface area contributed by atoms with Crippen LogP contribution < -0.4 is 10.6 Å². The topological polar surface area (TPSA) is 54.0 Å². The number of nitrogens with zero attached hydrogens (tertiary/aromatic N) is 1. The van der Waals surface area contributed by atoms with Crippen molar-refractivity contribution in [2.75, 3.05) is 11.9 Å². The minimum absolute atomic E-state index is 0.0271. The van der Waals surface area contributed by atoms with Crippen molar-refractivity contribution in [3.05, 3.63) is 23.4 Å². The highest BCUT2D eigenvalue weighted by Crippen LogP contribution is 2.37. The van der Waals surface area contributed by atoms with Gasteiger partial charge < -0.3 is 10.6 Å². The second kappa shape index (κ2) is 4.86. The van der Waals surface area contributed by atoms with Crippen LogP contribution >= 0.6 is 11.6 Å². The molecule has 1 aliphatic heterocycles. The van der Waals surface area contributed by atoms with Crippen LogP contribution in [0, 0.1) is 11.8 Å². The van der Waals surface area contributed by atoms with E-state index in [-0.39, 0.29) is 11.9 Å². The number of anilines is 1. The number of amides is 1. The molecule has 2 N–H and O–H groups in total. The highest BCUT2D eigenvalue weighted by Gasteiger charge is 2.42. The van der Waals surface area contributed by atoms with E-state index in [0.29, 0.717) is 22.7 Å². The number of nitrogens with one attached hydrogen (secondary N) is 2. The molecule has 0 radical (unpaired) electrons. The summed E-state index contributed by atoms with van der Waals surface area (Å²) in [4.78, 5) is 16.3. The Morgan fingerprint density at radius 3 is 3.11 bits per heavy atom. The van der Waals surface area contributed by atoms with E-state index in [1.165, 1.54) is 19.0 Å². The average molecular weight is 266 g/mol. The fourth-order valence-corrected chi connectivity index (χ4v) is 3.24. The molecule has 0 aromatic carbocycles. The van der Waals surface area contributed by atoms with Gasteiger partial charge in [-0.2, -0.15) is 0 Å². The molecule has 4 nitrogen and oxygen atoms in total. The maximum absolute atomic E-state index is 12.2. The summed E-state index contributed by atoms with van der Waals surface area (Å²) in [5.41, 5.74) is 0. The lowest BCUT2D eigenvalue weighted by Gasteiger charge is -2.17. The maximum atomic E-state index is 12.2. The van der Waals surface area contributed by atoms with Gasteiger partial charge in [-0.15, -0.1) is 0 Å². The first-order valence-corrected chi connectivity index (χ1v) is 6.77. The number of rotatable bonds is 2. The van der Waals surface area contributed by atoms with Gasteiger partial charge in [0.1, 0.15) is 5.82 Å². The van der Waals surface area contributed by atoms with E-state index in [4.69, 9.17) is 11.6 Å². The Kier molecular flexibility index (Phi) is 3.22. The molecule has 1 saturated heterocycles. The minimum atomic E-state index is -0.0602. The van der Waals surface area contributed by atoms with Crippen molar-refractivity contribution in [1.82, 2.24) is 10.3 Å². The van der Waals surface area contributed by atoms with Crippen molar-refractivity contribution >= 4 is 23.3 Å². The Morgan fingerprint density at radius 2 is 2.33 bits per heavy atom. The number of pyridine rings is 1. The molecule has 1 aliphatic carbocycles. The van der Waals surface area contributed by atoms with Crippen LogP contribution in [0.5, 0.6) is 0 Å². The molecule has 18 heavy (non-hydrogen) atoms. The van der Waals surface area contributed by atoms with Crippen LogP contribution in [0.25, 0.3) is 0 Å². The zero-order valence-electron chi connectivity index (χ0n) is 10.0. The summed E-state index contributed by atoms with van der Waals surface area (Å²) in [5, 5.41) is 6.75. The number of halogens is 1. The molecule has 1 amide bonds. The summed E-state index contributed by atoms with van der Waals surface area (Å²) < 4.78 is 0. The van der Waals surface area contributed by atoms with E-state index >= 15 is 0 Å². The van der Waals surface area contributed by atoms with E-state index < -0.39 is 0 Å². The highest BCUT2D eigenvalue weighted by atomic mass is 35.5. The largest absolute Gasteiger partial charge is 0.309 e. The number of carbonyl (C=O) groups is 1. The Hall–Kier alpha value is -1.13. The average Bonchev–Trinajstić information content (AvgIpc) is 2.93. The van der Waals surface area contributed by atoms with Gasteiger partial charge in [-0.05, 0) is 43.4 Å². The standard InChI is InChI=1S/C13H16ClN3O/c14-9-4-5-11(15-7-9)17-13(18)12-10-3-1-2-8(10)6-16-12/h4-5,7-8,10,12,16H,1-3,6H2,(H,15,17,18). The Balaban J connectivity index is 1.66. The molecule has 2 fully saturated rings. The van der Waals surface area contributed by atoms with Crippen LogP contribution in [-0.2, 0) is 4.79 Å². The van der Waals surface area contributed by atoms with Crippen LogP contribution in [-0.4, -0.2) is 23.5 Å². The summed E-state index contributed by atoms with van der Waals surface area (Å²) in [7, 11) is 0.